The second kappa shape index (κ2) is 5.46. The first-order valence-corrected chi connectivity index (χ1v) is 7.24. The molecule has 106 valence electrons. The summed E-state index contributed by atoms with van der Waals surface area (Å²) in [7, 11) is 0. The zero-order valence-electron chi connectivity index (χ0n) is 11.3. The van der Waals surface area contributed by atoms with Gasteiger partial charge in [0.05, 0.1) is 0 Å². The first-order valence-electron chi connectivity index (χ1n) is 7.24. The van der Waals surface area contributed by atoms with E-state index in [9.17, 15) is 0 Å². The van der Waals surface area contributed by atoms with Crippen molar-refractivity contribution in [3.8, 4) is 0 Å². The van der Waals surface area contributed by atoms with Gasteiger partial charge in [-0.15, -0.1) is 0 Å². The SMILES string of the molecule is NC1(c2nc(N3CCCCCC3)no2)CCOCC1. The zero-order chi connectivity index (χ0) is 13.1. The highest BCUT2D eigenvalue weighted by molar-refractivity contribution is 5.28. The van der Waals surface area contributed by atoms with Crippen LogP contribution in [-0.2, 0) is 10.3 Å². The molecular formula is C13H22N4O2. The molecule has 6 nitrogen and oxygen atoms in total. The molecule has 2 aliphatic rings. The Balaban J connectivity index is 1.74. The van der Waals surface area contributed by atoms with Crippen molar-refractivity contribution in [2.24, 2.45) is 5.73 Å². The number of hydrogen-bond donors (Lipinski definition) is 1. The van der Waals surface area contributed by atoms with E-state index in [2.05, 4.69) is 15.0 Å². The Kier molecular flexibility index (Phi) is 3.70. The van der Waals surface area contributed by atoms with Gasteiger partial charge in [0.2, 0.25) is 5.89 Å². The second-order valence-electron chi connectivity index (χ2n) is 5.57. The first-order chi connectivity index (χ1) is 9.28. The summed E-state index contributed by atoms with van der Waals surface area (Å²) in [6, 6.07) is 0. The van der Waals surface area contributed by atoms with Crippen molar-refractivity contribution in [2.45, 2.75) is 44.1 Å². The van der Waals surface area contributed by atoms with E-state index in [-0.39, 0.29) is 0 Å². The van der Waals surface area contributed by atoms with E-state index in [4.69, 9.17) is 15.0 Å². The minimum absolute atomic E-state index is 0.505. The van der Waals surface area contributed by atoms with Crippen molar-refractivity contribution >= 4 is 5.95 Å². The summed E-state index contributed by atoms with van der Waals surface area (Å²) in [4.78, 5) is 6.75. The Hall–Kier alpha value is -1.14. The summed E-state index contributed by atoms with van der Waals surface area (Å²) in [6.45, 7) is 3.36. The van der Waals surface area contributed by atoms with Crippen LogP contribution in [0.2, 0.25) is 0 Å². The van der Waals surface area contributed by atoms with Gasteiger partial charge in [-0.05, 0) is 30.8 Å². The van der Waals surface area contributed by atoms with Gasteiger partial charge in [-0.3, -0.25) is 0 Å². The molecule has 2 N–H and O–H groups in total. The summed E-state index contributed by atoms with van der Waals surface area (Å²) < 4.78 is 10.8. The molecule has 1 aromatic heterocycles. The van der Waals surface area contributed by atoms with Gasteiger partial charge < -0.3 is 19.9 Å². The lowest BCUT2D eigenvalue weighted by atomic mass is 9.91. The van der Waals surface area contributed by atoms with Crippen LogP contribution in [0.1, 0.15) is 44.4 Å². The van der Waals surface area contributed by atoms with Crippen molar-refractivity contribution in [3.63, 3.8) is 0 Å². The van der Waals surface area contributed by atoms with Gasteiger partial charge in [0, 0.05) is 26.3 Å². The molecule has 0 spiro atoms. The zero-order valence-corrected chi connectivity index (χ0v) is 11.3. The third-order valence-electron chi connectivity index (χ3n) is 4.12. The lowest BCUT2D eigenvalue weighted by molar-refractivity contribution is 0.0400. The van der Waals surface area contributed by atoms with Crippen LogP contribution in [0.15, 0.2) is 4.52 Å². The van der Waals surface area contributed by atoms with E-state index in [0.717, 1.165) is 25.9 Å². The molecule has 3 rings (SSSR count). The predicted octanol–water partition coefficient (Wildman–Crippen LogP) is 1.41. The monoisotopic (exact) mass is 266 g/mol. The summed E-state index contributed by atoms with van der Waals surface area (Å²) in [5, 5.41) is 4.12. The number of nitrogens with zero attached hydrogens (tertiary/aromatic N) is 3. The smallest absolute Gasteiger partial charge is 0.266 e. The van der Waals surface area contributed by atoms with E-state index < -0.39 is 5.54 Å². The summed E-state index contributed by atoms with van der Waals surface area (Å²) >= 11 is 0. The molecule has 3 heterocycles. The standard InChI is InChI=1S/C13H22N4O2/c14-13(5-9-18-10-6-13)11-15-12(16-19-11)17-7-3-1-2-4-8-17/h1-10,14H2. The molecule has 1 aromatic rings. The van der Waals surface area contributed by atoms with Crippen molar-refractivity contribution in [1.29, 1.82) is 0 Å². The fourth-order valence-electron chi connectivity index (χ4n) is 2.77. The Labute approximate surface area is 113 Å². The molecule has 0 unspecified atom stereocenters. The van der Waals surface area contributed by atoms with Gasteiger partial charge in [0.15, 0.2) is 0 Å². The van der Waals surface area contributed by atoms with Crippen LogP contribution in [0, 0.1) is 0 Å². The topological polar surface area (TPSA) is 77.4 Å². The molecule has 0 radical (unpaired) electrons. The average Bonchev–Trinajstić information content (AvgIpc) is 2.77. The number of nitrogens with two attached hydrogens (primary N) is 1. The van der Waals surface area contributed by atoms with Gasteiger partial charge in [-0.25, -0.2) is 0 Å². The van der Waals surface area contributed by atoms with Crippen LogP contribution in [0.3, 0.4) is 0 Å². The molecule has 0 saturated carbocycles. The Morgan fingerprint density at radius 3 is 2.42 bits per heavy atom. The molecule has 0 aliphatic carbocycles. The molecular weight excluding hydrogens is 244 g/mol. The maximum absolute atomic E-state index is 6.36. The molecule has 2 fully saturated rings. The van der Waals surface area contributed by atoms with E-state index in [1.54, 1.807) is 0 Å². The highest BCUT2D eigenvalue weighted by Crippen LogP contribution is 2.29. The van der Waals surface area contributed by atoms with Crippen LogP contribution >= 0.6 is 0 Å². The number of anilines is 1. The largest absolute Gasteiger partial charge is 0.381 e. The number of ether oxygens (including phenoxy) is 1. The minimum atomic E-state index is -0.505. The summed E-state index contributed by atoms with van der Waals surface area (Å²) in [6.07, 6.45) is 6.47. The van der Waals surface area contributed by atoms with E-state index in [1.807, 2.05) is 0 Å². The van der Waals surface area contributed by atoms with Gasteiger partial charge in [0.1, 0.15) is 5.54 Å². The van der Waals surface area contributed by atoms with Gasteiger partial charge >= 0.3 is 0 Å². The maximum atomic E-state index is 6.36. The molecule has 6 heteroatoms. The van der Waals surface area contributed by atoms with Crippen LogP contribution in [0.25, 0.3) is 0 Å². The van der Waals surface area contributed by atoms with E-state index >= 15 is 0 Å². The Morgan fingerprint density at radius 1 is 1.05 bits per heavy atom. The molecule has 0 aromatic carbocycles. The van der Waals surface area contributed by atoms with Gasteiger partial charge in [-0.2, -0.15) is 4.98 Å². The third-order valence-corrected chi connectivity index (χ3v) is 4.12. The molecule has 19 heavy (non-hydrogen) atoms. The fourth-order valence-corrected chi connectivity index (χ4v) is 2.77. The molecule has 2 saturated heterocycles. The fraction of sp³-hybridized carbons (Fsp3) is 0.846. The summed E-state index contributed by atoms with van der Waals surface area (Å²) in [5.41, 5.74) is 5.85. The van der Waals surface area contributed by atoms with Crippen molar-refractivity contribution in [2.75, 3.05) is 31.2 Å². The quantitative estimate of drug-likeness (QED) is 0.872. The van der Waals surface area contributed by atoms with Crippen LogP contribution < -0.4 is 10.6 Å². The summed E-state index contributed by atoms with van der Waals surface area (Å²) in [5.74, 6) is 1.27. The molecule has 0 bridgehead atoms. The Bertz CT molecular complexity index is 407. The molecule has 0 atom stereocenters. The minimum Gasteiger partial charge on any atom is -0.381 e. The van der Waals surface area contributed by atoms with Gasteiger partial charge in [-0.1, -0.05) is 12.8 Å². The number of hydrogen-bond acceptors (Lipinski definition) is 6. The number of aromatic nitrogens is 2. The average molecular weight is 266 g/mol. The Morgan fingerprint density at radius 2 is 1.74 bits per heavy atom. The molecule has 2 aliphatic heterocycles. The van der Waals surface area contributed by atoms with Crippen LogP contribution in [0.4, 0.5) is 5.95 Å². The lowest BCUT2D eigenvalue weighted by Crippen LogP contribution is -2.42. The van der Waals surface area contributed by atoms with Crippen LogP contribution in [0.5, 0.6) is 0 Å². The van der Waals surface area contributed by atoms with E-state index in [0.29, 0.717) is 25.1 Å². The highest BCUT2D eigenvalue weighted by Gasteiger charge is 2.36. The molecule has 0 amide bonds. The maximum Gasteiger partial charge on any atom is 0.266 e. The first kappa shape index (κ1) is 12.9. The van der Waals surface area contributed by atoms with Crippen molar-refractivity contribution in [3.05, 3.63) is 5.89 Å². The van der Waals surface area contributed by atoms with Crippen molar-refractivity contribution in [1.82, 2.24) is 10.1 Å². The third kappa shape index (κ3) is 2.74. The predicted molar refractivity (Wildman–Crippen MR) is 70.9 cm³/mol. The second-order valence-corrected chi connectivity index (χ2v) is 5.57. The highest BCUT2D eigenvalue weighted by atomic mass is 16.5. The van der Waals surface area contributed by atoms with Crippen molar-refractivity contribution < 1.29 is 9.26 Å². The lowest BCUT2D eigenvalue weighted by Gasteiger charge is -2.29. The van der Waals surface area contributed by atoms with Gasteiger partial charge in [0.25, 0.3) is 5.95 Å². The van der Waals surface area contributed by atoms with Crippen LogP contribution in [-0.4, -0.2) is 36.4 Å². The number of rotatable bonds is 2. The normalized spacial score (nSPS) is 24.2. The van der Waals surface area contributed by atoms with E-state index in [1.165, 1.54) is 25.7 Å².